The predicted octanol–water partition coefficient (Wildman–Crippen LogP) is 6.45. The van der Waals surface area contributed by atoms with Crippen LogP contribution >= 0.6 is 0 Å². The van der Waals surface area contributed by atoms with Crippen molar-refractivity contribution in [3.8, 4) is 0 Å². The van der Waals surface area contributed by atoms with Crippen molar-refractivity contribution in [2.75, 3.05) is 0 Å². The molecule has 0 aliphatic rings. The Morgan fingerprint density at radius 3 is 1.94 bits per heavy atom. The summed E-state index contributed by atoms with van der Waals surface area (Å²) in [5.74, 6) is 1.83. The number of rotatable bonds is 10. The van der Waals surface area contributed by atoms with E-state index in [0.29, 0.717) is 5.41 Å². The SMILES string of the molecule is CCCCCC(C)CC(C)CC(C)(CC)CC. The van der Waals surface area contributed by atoms with Gasteiger partial charge in [-0.1, -0.05) is 80.1 Å². The molecule has 0 radical (unpaired) electrons. The summed E-state index contributed by atoms with van der Waals surface area (Å²) in [6.45, 7) is 14.4. The molecule has 0 aliphatic carbocycles. The summed E-state index contributed by atoms with van der Waals surface area (Å²) in [6, 6.07) is 0. The fourth-order valence-electron chi connectivity index (χ4n) is 3.01. The summed E-state index contributed by atoms with van der Waals surface area (Å²) in [5, 5.41) is 0. The molecular weight excluding hydrogens is 204 g/mol. The second kappa shape index (κ2) is 9.00. The van der Waals surface area contributed by atoms with Gasteiger partial charge in [0.1, 0.15) is 0 Å². The van der Waals surface area contributed by atoms with Crippen molar-refractivity contribution in [1.29, 1.82) is 0 Å². The van der Waals surface area contributed by atoms with Gasteiger partial charge in [0.05, 0.1) is 0 Å². The van der Waals surface area contributed by atoms with Gasteiger partial charge in [0.15, 0.2) is 0 Å². The first-order valence-corrected chi connectivity index (χ1v) is 7.97. The van der Waals surface area contributed by atoms with Crippen molar-refractivity contribution in [2.24, 2.45) is 17.3 Å². The number of unbranched alkanes of at least 4 members (excludes halogenated alkanes) is 2. The van der Waals surface area contributed by atoms with Crippen LogP contribution in [0.25, 0.3) is 0 Å². The molecule has 0 aromatic rings. The third kappa shape index (κ3) is 7.84. The molecule has 0 saturated carbocycles. The van der Waals surface area contributed by atoms with Crippen LogP contribution in [0.2, 0.25) is 0 Å². The Morgan fingerprint density at radius 2 is 1.47 bits per heavy atom. The van der Waals surface area contributed by atoms with Crippen LogP contribution in [0.3, 0.4) is 0 Å². The summed E-state index contributed by atoms with van der Waals surface area (Å²) in [5.41, 5.74) is 0.586. The minimum absolute atomic E-state index is 0.586. The highest BCUT2D eigenvalue weighted by Crippen LogP contribution is 2.35. The minimum atomic E-state index is 0.586. The zero-order valence-electron chi connectivity index (χ0n) is 13.3. The molecule has 0 fully saturated rings. The van der Waals surface area contributed by atoms with Gasteiger partial charge in [-0.15, -0.1) is 0 Å². The van der Waals surface area contributed by atoms with E-state index in [1.807, 2.05) is 0 Å². The number of hydrogen-bond donors (Lipinski definition) is 0. The zero-order valence-corrected chi connectivity index (χ0v) is 13.3. The maximum atomic E-state index is 2.46. The Morgan fingerprint density at radius 1 is 0.882 bits per heavy atom. The van der Waals surface area contributed by atoms with Crippen molar-refractivity contribution >= 4 is 0 Å². The van der Waals surface area contributed by atoms with Gasteiger partial charge in [-0.25, -0.2) is 0 Å². The standard InChI is InChI=1S/C17H36/c1-7-10-11-12-15(4)13-16(5)14-17(6,8-2)9-3/h15-16H,7-14H2,1-6H3. The number of hydrogen-bond acceptors (Lipinski definition) is 0. The zero-order chi connectivity index (χ0) is 13.3. The monoisotopic (exact) mass is 240 g/mol. The van der Waals surface area contributed by atoms with Gasteiger partial charge < -0.3 is 0 Å². The van der Waals surface area contributed by atoms with Crippen LogP contribution in [-0.2, 0) is 0 Å². The highest BCUT2D eigenvalue weighted by atomic mass is 14.3. The van der Waals surface area contributed by atoms with Crippen LogP contribution in [0.1, 0.15) is 92.9 Å². The highest BCUT2D eigenvalue weighted by molar-refractivity contribution is 4.74. The van der Waals surface area contributed by atoms with Crippen molar-refractivity contribution < 1.29 is 0 Å². The quantitative estimate of drug-likeness (QED) is 0.385. The van der Waals surface area contributed by atoms with Gasteiger partial charge in [-0.2, -0.15) is 0 Å². The third-order valence-electron chi connectivity index (χ3n) is 4.65. The first-order chi connectivity index (χ1) is 7.97. The second-order valence-corrected chi connectivity index (χ2v) is 6.66. The molecule has 0 rings (SSSR count). The molecule has 0 aliphatic heterocycles. The molecule has 0 aromatic heterocycles. The van der Waals surface area contributed by atoms with E-state index < -0.39 is 0 Å². The summed E-state index contributed by atoms with van der Waals surface area (Å²) in [7, 11) is 0. The summed E-state index contributed by atoms with van der Waals surface area (Å²) in [6.07, 6.45) is 11.1. The van der Waals surface area contributed by atoms with Crippen LogP contribution in [0, 0.1) is 17.3 Å². The fourth-order valence-corrected chi connectivity index (χ4v) is 3.01. The fraction of sp³-hybridized carbons (Fsp3) is 1.00. The van der Waals surface area contributed by atoms with Gasteiger partial charge in [0.25, 0.3) is 0 Å². The van der Waals surface area contributed by atoms with E-state index in [0.717, 1.165) is 11.8 Å². The maximum absolute atomic E-state index is 2.46. The van der Waals surface area contributed by atoms with E-state index in [2.05, 4.69) is 41.5 Å². The van der Waals surface area contributed by atoms with E-state index >= 15 is 0 Å². The van der Waals surface area contributed by atoms with Crippen LogP contribution in [-0.4, -0.2) is 0 Å². The Balaban J connectivity index is 3.87. The largest absolute Gasteiger partial charge is 0.0654 e. The van der Waals surface area contributed by atoms with E-state index in [-0.39, 0.29) is 0 Å². The third-order valence-corrected chi connectivity index (χ3v) is 4.65. The smallest absolute Gasteiger partial charge is 0.0329 e. The summed E-state index contributed by atoms with van der Waals surface area (Å²) >= 11 is 0. The van der Waals surface area contributed by atoms with E-state index in [1.165, 1.54) is 51.4 Å². The molecule has 2 atom stereocenters. The van der Waals surface area contributed by atoms with Crippen molar-refractivity contribution in [1.82, 2.24) is 0 Å². The predicted molar refractivity (Wildman–Crippen MR) is 80.4 cm³/mol. The Labute approximate surface area is 111 Å². The first-order valence-electron chi connectivity index (χ1n) is 7.97. The molecule has 0 saturated heterocycles. The molecule has 0 nitrogen and oxygen atoms in total. The van der Waals surface area contributed by atoms with Gasteiger partial charge in [0.2, 0.25) is 0 Å². The lowest BCUT2D eigenvalue weighted by Crippen LogP contribution is -2.19. The second-order valence-electron chi connectivity index (χ2n) is 6.66. The average Bonchev–Trinajstić information content (AvgIpc) is 2.29. The van der Waals surface area contributed by atoms with Gasteiger partial charge in [0, 0.05) is 0 Å². The molecule has 0 amide bonds. The van der Waals surface area contributed by atoms with Gasteiger partial charge in [-0.3, -0.25) is 0 Å². The van der Waals surface area contributed by atoms with E-state index in [4.69, 9.17) is 0 Å². The summed E-state index contributed by atoms with van der Waals surface area (Å²) in [4.78, 5) is 0. The van der Waals surface area contributed by atoms with E-state index in [1.54, 1.807) is 0 Å². The summed E-state index contributed by atoms with van der Waals surface area (Å²) < 4.78 is 0. The Hall–Kier alpha value is 0. The van der Waals surface area contributed by atoms with Gasteiger partial charge >= 0.3 is 0 Å². The van der Waals surface area contributed by atoms with Gasteiger partial charge in [-0.05, 0) is 30.1 Å². The maximum Gasteiger partial charge on any atom is -0.0329 e. The highest BCUT2D eigenvalue weighted by Gasteiger charge is 2.23. The van der Waals surface area contributed by atoms with Crippen LogP contribution in [0.5, 0.6) is 0 Å². The van der Waals surface area contributed by atoms with Crippen molar-refractivity contribution in [3.05, 3.63) is 0 Å². The molecule has 0 aromatic carbocycles. The molecule has 104 valence electrons. The average molecular weight is 240 g/mol. The normalized spacial score (nSPS) is 15.9. The van der Waals surface area contributed by atoms with Crippen molar-refractivity contribution in [2.45, 2.75) is 92.9 Å². The molecule has 0 bridgehead atoms. The molecule has 0 heteroatoms. The lowest BCUT2D eigenvalue weighted by atomic mass is 9.75. The van der Waals surface area contributed by atoms with Crippen LogP contribution < -0.4 is 0 Å². The van der Waals surface area contributed by atoms with Crippen LogP contribution in [0.15, 0.2) is 0 Å². The molecule has 2 unspecified atom stereocenters. The minimum Gasteiger partial charge on any atom is -0.0654 e. The van der Waals surface area contributed by atoms with Crippen molar-refractivity contribution in [3.63, 3.8) is 0 Å². The molecule has 17 heavy (non-hydrogen) atoms. The Kier molecular flexibility index (Phi) is 9.00. The topological polar surface area (TPSA) is 0 Å². The molecule has 0 heterocycles. The Bertz CT molecular complexity index is 167. The molecular formula is C17H36. The first kappa shape index (κ1) is 17.0. The van der Waals surface area contributed by atoms with Crippen LogP contribution in [0.4, 0.5) is 0 Å². The lowest BCUT2D eigenvalue weighted by molar-refractivity contribution is 0.208. The lowest BCUT2D eigenvalue weighted by Gasteiger charge is -2.31. The van der Waals surface area contributed by atoms with E-state index in [9.17, 15) is 0 Å². The molecule has 0 N–H and O–H groups in total. The molecule has 0 spiro atoms.